The standard InChI is InChI=1S/C12H13ClINO2/c13-9(7-1-2-7)6-15-12(17)8-3-4-10(14)11(16)5-8/h3-5,7,9,16H,1-2,6H2,(H,15,17). The van der Waals surface area contributed by atoms with Crippen LogP contribution in [0.15, 0.2) is 18.2 Å². The number of carbonyl (C=O) groups excluding carboxylic acids is 1. The molecule has 1 amide bonds. The minimum Gasteiger partial charge on any atom is -0.507 e. The Morgan fingerprint density at radius 3 is 2.88 bits per heavy atom. The lowest BCUT2D eigenvalue weighted by Crippen LogP contribution is -2.30. The molecule has 0 saturated heterocycles. The van der Waals surface area contributed by atoms with E-state index in [2.05, 4.69) is 5.32 Å². The van der Waals surface area contributed by atoms with E-state index in [1.165, 1.54) is 6.07 Å². The van der Waals surface area contributed by atoms with Gasteiger partial charge in [-0.05, 0) is 59.5 Å². The van der Waals surface area contributed by atoms with Gasteiger partial charge in [-0.3, -0.25) is 4.79 Å². The number of phenols is 1. The Bertz CT molecular complexity index is 435. The fraction of sp³-hybridized carbons (Fsp3) is 0.417. The Labute approximate surface area is 119 Å². The molecule has 1 aliphatic rings. The first-order valence-electron chi connectivity index (χ1n) is 5.48. The maximum Gasteiger partial charge on any atom is 0.251 e. The average molecular weight is 366 g/mol. The molecule has 17 heavy (non-hydrogen) atoms. The lowest BCUT2D eigenvalue weighted by Gasteiger charge is -2.10. The van der Waals surface area contributed by atoms with Gasteiger partial charge in [0.25, 0.3) is 5.91 Å². The molecule has 2 rings (SSSR count). The van der Waals surface area contributed by atoms with E-state index in [0.29, 0.717) is 18.0 Å². The van der Waals surface area contributed by atoms with Gasteiger partial charge >= 0.3 is 0 Å². The number of alkyl halides is 1. The van der Waals surface area contributed by atoms with E-state index in [9.17, 15) is 9.90 Å². The van der Waals surface area contributed by atoms with E-state index in [4.69, 9.17) is 11.6 Å². The summed E-state index contributed by atoms with van der Waals surface area (Å²) in [5, 5.41) is 12.3. The highest BCUT2D eigenvalue weighted by molar-refractivity contribution is 14.1. The summed E-state index contributed by atoms with van der Waals surface area (Å²) < 4.78 is 0.729. The van der Waals surface area contributed by atoms with Crippen LogP contribution in [0.25, 0.3) is 0 Å². The van der Waals surface area contributed by atoms with Crippen LogP contribution in [0.5, 0.6) is 5.75 Å². The molecule has 1 atom stereocenters. The highest BCUT2D eigenvalue weighted by atomic mass is 127. The van der Waals surface area contributed by atoms with E-state index in [-0.39, 0.29) is 17.0 Å². The van der Waals surface area contributed by atoms with Crippen LogP contribution in [0.4, 0.5) is 0 Å². The van der Waals surface area contributed by atoms with Crippen LogP contribution in [-0.2, 0) is 0 Å². The second-order valence-electron chi connectivity index (χ2n) is 4.23. The third-order valence-electron chi connectivity index (χ3n) is 2.80. The summed E-state index contributed by atoms with van der Waals surface area (Å²) >= 11 is 8.11. The summed E-state index contributed by atoms with van der Waals surface area (Å²) in [6.07, 6.45) is 2.32. The molecular formula is C12H13ClINO2. The lowest BCUT2D eigenvalue weighted by molar-refractivity contribution is 0.0952. The third kappa shape index (κ3) is 3.48. The number of aromatic hydroxyl groups is 1. The molecule has 1 aromatic carbocycles. The van der Waals surface area contributed by atoms with Gasteiger partial charge in [0, 0.05) is 12.1 Å². The summed E-state index contributed by atoms with van der Waals surface area (Å²) in [5.74, 6) is 0.493. The Kier molecular flexibility index (Phi) is 4.14. The van der Waals surface area contributed by atoms with Gasteiger partial charge in [0.1, 0.15) is 5.75 Å². The molecule has 3 nitrogen and oxygen atoms in total. The normalized spacial score (nSPS) is 16.6. The monoisotopic (exact) mass is 365 g/mol. The first-order chi connectivity index (χ1) is 8.08. The summed E-state index contributed by atoms with van der Waals surface area (Å²) in [6, 6.07) is 4.87. The number of benzene rings is 1. The van der Waals surface area contributed by atoms with Crippen LogP contribution in [-0.4, -0.2) is 22.9 Å². The number of nitrogens with one attached hydrogen (secondary N) is 1. The number of hydrogen-bond acceptors (Lipinski definition) is 2. The van der Waals surface area contributed by atoms with Gasteiger partial charge in [-0.25, -0.2) is 0 Å². The SMILES string of the molecule is O=C(NCC(Cl)C1CC1)c1ccc(I)c(O)c1. The van der Waals surface area contributed by atoms with Crippen molar-refractivity contribution in [1.29, 1.82) is 0 Å². The van der Waals surface area contributed by atoms with Gasteiger partial charge in [-0.1, -0.05) is 0 Å². The maximum atomic E-state index is 11.8. The van der Waals surface area contributed by atoms with Gasteiger partial charge in [0.05, 0.1) is 8.95 Å². The highest BCUT2D eigenvalue weighted by Gasteiger charge is 2.29. The molecule has 1 aromatic rings. The first kappa shape index (κ1) is 13.0. The van der Waals surface area contributed by atoms with Crippen molar-refractivity contribution in [2.75, 3.05) is 6.54 Å². The van der Waals surface area contributed by atoms with Crippen molar-refractivity contribution in [2.24, 2.45) is 5.92 Å². The smallest absolute Gasteiger partial charge is 0.251 e. The molecule has 5 heteroatoms. The van der Waals surface area contributed by atoms with E-state index in [1.54, 1.807) is 12.1 Å². The quantitative estimate of drug-likeness (QED) is 0.637. The van der Waals surface area contributed by atoms with Crippen LogP contribution < -0.4 is 5.32 Å². The van der Waals surface area contributed by atoms with Crippen molar-refractivity contribution >= 4 is 40.1 Å². The van der Waals surface area contributed by atoms with E-state index >= 15 is 0 Å². The van der Waals surface area contributed by atoms with E-state index in [0.717, 1.165) is 16.4 Å². The molecule has 0 aliphatic heterocycles. The molecule has 2 N–H and O–H groups in total. The zero-order valence-corrected chi connectivity index (χ0v) is 12.0. The van der Waals surface area contributed by atoms with Crippen LogP contribution in [0.2, 0.25) is 0 Å². The third-order valence-corrected chi connectivity index (χ3v) is 4.22. The van der Waals surface area contributed by atoms with Crippen LogP contribution in [0, 0.1) is 9.49 Å². The summed E-state index contributed by atoms with van der Waals surface area (Å²) in [4.78, 5) is 11.8. The molecule has 0 aromatic heterocycles. The van der Waals surface area contributed by atoms with Gasteiger partial charge in [0.2, 0.25) is 0 Å². The largest absolute Gasteiger partial charge is 0.507 e. The number of carbonyl (C=O) groups is 1. The van der Waals surface area contributed by atoms with Gasteiger partial charge in [-0.2, -0.15) is 0 Å². The predicted molar refractivity (Wildman–Crippen MR) is 75.5 cm³/mol. The summed E-state index contributed by atoms with van der Waals surface area (Å²) in [5.41, 5.74) is 0.461. The fourth-order valence-electron chi connectivity index (χ4n) is 1.57. The molecule has 92 valence electrons. The second-order valence-corrected chi connectivity index (χ2v) is 5.95. The zero-order valence-electron chi connectivity index (χ0n) is 9.12. The lowest BCUT2D eigenvalue weighted by atomic mass is 10.2. The molecule has 0 bridgehead atoms. The van der Waals surface area contributed by atoms with Gasteiger partial charge < -0.3 is 10.4 Å². The predicted octanol–water partition coefficient (Wildman–Crippen LogP) is 2.74. The van der Waals surface area contributed by atoms with Crippen LogP contribution >= 0.6 is 34.2 Å². The van der Waals surface area contributed by atoms with Crippen molar-refractivity contribution in [2.45, 2.75) is 18.2 Å². The Hall–Kier alpha value is -0.490. The maximum absolute atomic E-state index is 11.8. The van der Waals surface area contributed by atoms with Crippen molar-refractivity contribution in [3.05, 3.63) is 27.3 Å². The molecule has 0 heterocycles. The van der Waals surface area contributed by atoms with Crippen molar-refractivity contribution in [3.63, 3.8) is 0 Å². The molecule has 1 fully saturated rings. The number of amides is 1. The first-order valence-corrected chi connectivity index (χ1v) is 7.00. The highest BCUT2D eigenvalue weighted by Crippen LogP contribution is 2.35. The van der Waals surface area contributed by atoms with Crippen molar-refractivity contribution in [1.82, 2.24) is 5.32 Å². The fourth-order valence-corrected chi connectivity index (χ4v) is 2.24. The van der Waals surface area contributed by atoms with Gasteiger partial charge in [-0.15, -0.1) is 11.6 Å². The zero-order chi connectivity index (χ0) is 12.4. The topological polar surface area (TPSA) is 49.3 Å². The molecule has 1 saturated carbocycles. The van der Waals surface area contributed by atoms with Crippen LogP contribution in [0.1, 0.15) is 23.2 Å². The van der Waals surface area contributed by atoms with Crippen molar-refractivity contribution in [3.8, 4) is 5.75 Å². The second kappa shape index (κ2) is 5.44. The summed E-state index contributed by atoms with van der Waals surface area (Å²) in [6.45, 7) is 0.484. The molecule has 1 unspecified atom stereocenters. The molecular weight excluding hydrogens is 352 g/mol. The van der Waals surface area contributed by atoms with E-state index < -0.39 is 0 Å². The number of hydrogen-bond donors (Lipinski definition) is 2. The number of phenolic OH excluding ortho intramolecular Hbond substituents is 1. The Morgan fingerprint density at radius 2 is 2.29 bits per heavy atom. The van der Waals surface area contributed by atoms with E-state index in [1.807, 2.05) is 22.6 Å². The number of halogens is 2. The summed E-state index contributed by atoms with van der Waals surface area (Å²) in [7, 11) is 0. The molecule has 0 radical (unpaired) electrons. The Morgan fingerprint density at radius 1 is 1.59 bits per heavy atom. The molecule has 1 aliphatic carbocycles. The van der Waals surface area contributed by atoms with Crippen LogP contribution in [0.3, 0.4) is 0 Å². The number of rotatable bonds is 4. The van der Waals surface area contributed by atoms with Gasteiger partial charge in [0.15, 0.2) is 0 Å². The minimum atomic E-state index is -0.192. The molecule has 0 spiro atoms. The minimum absolute atomic E-state index is 0.0244. The Balaban J connectivity index is 1.92. The van der Waals surface area contributed by atoms with Crippen molar-refractivity contribution < 1.29 is 9.90 Å². The average Bonchev–Trinajstić information content (AvgIpc) is 3.13.